The van der Waals surface area contributed by atoms with Crippen LogP contribution in [0, 0.1) is 0 Å². The van der Waals surface area contributed by atoms with Crippen LogP contribution < -0.4 is 0 Å². The molecule has 0 fully saturated rings. The summed E-state index contributed by atoms with van der Waals surface area (Å²) in [5.41, 5.74) is 0.771. The second kappa shape index (κ2) is 3.85. The second-order valence-corrected chi connectivity index (χ2v) is 2.59. The fourth-order valence-corrected chi connectivity index (χ4v) is 1.13. The van der Waals surface area contributed by atoms with Crippen LogP contribution in [-0.2, 0) is 4.79 Å². The van der Waals surface area contributed by atoms with Gasteiger partial charge < -0.3 is 5.11 Å². The molecule has 12 heavy (non-hydrogen) atoms. The summed E-state index contributed by atoms with van der Waals surface area (Å²) in [4.78, 5) is 14.6. The molecule has 0 aliphatic rings. The third-order valence-electron chi connectivity index (χ3n) is 1.79. The van der Waals surface area contributed by atoms with Crippen LogP contribution in [0.15, 0.2) is 24.5 Å². The Labute approximate surface area is 71.1 Å². The first-order valence-electron chi connectivity index (χ1n) is 3.88. The molecule has 1 rings (SSSR count). The Morgan fingerprint density at radius 1 is 1.75 bits per heavy atom. The van der Waals surface area contributed by atoms with Gasteiger partial charge in [-0.15, -0.1) is 0 Å². The van der Waals surface area contributed by atoms with Crippen molar-refractivity contribution in [3.8, 4) is 0 Å². The second-order valence-electron chi connectivity index (χ2n) is 2.59. The highest BCUT2D eigenvalue weighted by Gasteiger charge is 2.16. The van der Waals surface area contributed by atoms with Crippen molar-refractivity contribution in [1.82, 2.24) is 4.98 Å². The van der Waals surface area contributed by atoms with Crippen LogP contribution in [0.4, 0.5) is 0 Å². The minimum absolute atomic E-state index is 0.418. The molecule has 3 nitrogen and oxygen atoms in total. The number of carbonyl (C=O) groups is 1. The Kier molecular flexibility index (Phi) is 2.80. The molecular formula is C9H11NO2. The van der Waals surface area contributed by atoms with E-state index in [0.29, 0.717) is 6.42 Å². The van der Waals surface area contributed by atoms with E-state index in [-0.39, 0.29) is 0 Å². The highest BCUT2D eigenvalue weighted by molar-refractivity contribution is 5.75. The number of carboxylic acid groups (broad SMARTS) is 1. The molecule has 0 unspecified atom stereocenters. The van der Waals surface area contributed by atoms with Gasteiger partial charge in [0.25, 0.3) is 0 Å². The fourth-order valence-electron chi connectivity index (χ4n) is 1.13. The van der Waals surface area contributed by atoms with Gasteiger partial charge in [-0.25, -0.2) is 0 Å². The van der Waals surface area contributed by atoms with E-state index in [4.69, 9.17) is 5.11 Å². The number of aliphatic carboxylic acids is 1. The molecule has 1 atom stereocenters. The van der Waals surface area contributed by atoms with Crippen molar-refractivity contribution in [1.29, 1.82) is 0 Å². The molecule has 0 saturated carbocycles. The van der Waals surface area contributed by atoms with E-state index < -0.39 is 11.9 Å². The van der Waals surface area contributed by atoms with Crippen LogP contribution in [0.5, 0.6) is 0 Å². The molecule has 1 heterocycles. The summed E-state index contributed by atoms with van der Waals surface area (Å²) in [7, 11) is 0. The van der Waals surface area contributed by atoms with Gasteiger partial charge in [0.1, 0.15) is 0 Å². The quantitative estimate of drug-likeness (QED) is 0.741. The van der Waals surface area contributed by atoms with Gasteiger partial charge in [-0.3, -0.25) is 9.78 Å². The lowest BCUT2D eigenvalue weighted by Gasteiger charge is -2.07. The van der Waals surface area contributed by atoms with Gasteiger partial charge in [-0.1, -0.05) is 13.0 Å². The van der Waals surface area contributed by atoms with E-state index in [2.05, 4.69) is 4.98 Å². The standard InChI is InChI=1S/C9H11NO2/c1-2-8(9(11)12)7-4-3-5-10-6-7/h3-6,8H,2H2,1H3,(H,11,12)/t8-/m1/s1. The molecule has 0 bridgehead atoms. The lowest BCUT2D eigenvalue weighted by molar-refractivity contribution is -0.138. The average molecular weight is 165 g/mol. The first kappa shape index (κ1) is 8.71. The third kappa shape index (κ3) is 1.81. The van der Waals surface area contributed by atoms with Crippen LogP contribution in [-0.4, -0.2) is 16.1 Å². The van der Waals surface area contributed by atoms with Crippen molar-refractivity contribution in [2.75, 3.05) is 0 Å². The fraction of sp³-hybridized carbons (Fsp3) is 0.333. The third-order valence-corrected chi connectivity index (χ3v) is 1.79. The van der Waals surface area contributed by atoms with Crippen molar-refractivity contribution >= 4 is 5.97 Å². The zero-order valence-corrected chi connectivity index (χ0v) is 6.90. The number of hydrogen-bond donors (Lipinski definition) is 1. The zero-order valence-electron chi connectivity index (χ0n) is 6.90. The lowest BCUT2D eigenvalue weighted by Crippen LogP contribution is -2.10. The summed E-state index contributed by atoms with van der Waals surface area (Å²) in [5, 5.41) is 8.80. The average Bonchev–Trinajstić information content (AvgIpc) is 2.07. The van der Waals surface area contributed by atoms with E-state index in [9.17, 15) is 4.79 Å². The van der Waals surface area contributed by atoms with E-state index in [1.54, 1.807) is 24.5 Å². The Balaban J connectivity index is 2.88. The Morgan fingerprint density at radius 2 is 2.50 bits per heavy atom. The summed E-state index contributed by atoms with van der Waals surface area (Å²) < 4.78 is 0. The van der Waals surface area contributed by atoms with Gasteiger partial charge in [-0.05, 0) is 18.1 Å². The van der Waals surface area contributed by atoms with Crippen LogP contribution >= 0.6 is 0 Å². The van der Waals surface area contributed by atoms with Crippen molar-refractivity contribution < 1.29 is 9.90 Å². The predicted molar refractivity (Wildman–Crippen MR) is 44.9 cm³/mol. The SMILES string of the molecule is CC[C@@H](C(=O)O)c1cccnc1. The van der Waals surface area contributed by atoms with Gasteiger partial charge in [0.15, 0.2) is 0 Å². The van der Waals surface area contributed by atoms with Crippen molar-refractivity contribution in [3.05, 3.63) is 30.1 Å². The molecule has 0 spiro atoms. The first-order chi connectivity index (χ1) is 5.75. The molecule has 0 aromatic carbocycles. The summed E-state index contributed by atoms with van der Waals surface area (Å²) in [6.45, 7) is 1.85. The molecule has 0 radical (unpaired) electrons. The Hall–Kier alpha value is -1.38. The molecule has 0 amide bonds. The highest BCUT2D eigenvalue weighted by Crippen LogP contribution is 2.17. The van der Waals surface area contributed by atoms with Crippen molar-refractivity contribution in [2.24, 2.45) is 0 Å². The maximum atomic E-state index is 10.7. The van der Waals surface area contributed by atoms with Crippen molar-refractivity contribution in [2.45, 2.75) is 19.3 Å². The first-order valence-corrected chi connectivity index (χ1v) is 3.88. The number of carboxylic acids is 1. The monoisotopic (exact) mass is 165 g/mol. The van der Waals surface area contributed by atoms with Crippen LogP contribution in [0.3, 0.4) is 0 Å². The minimum atomic E-state index is -0.787. The largest absolute Gasteiger partial charge is 0.481 e. The highest BCUT2D eigenvalue weighted by atomic mass is 16.4. The van der Waals surface area contributed by atoms with Gasteiger partial charge in [-0.2, -0.15) is 0 Å². The van der Waals surface area contributed by atoms with E-state index in [1.165, 1.54) is 0 Å². The number of aromatic nitrogens is 1. The van der Waals surface area contributed by atoms with Crippen LogP contribution in [0.2, 0.25) is 0 Å². The number of nitrogens with zero attached hydrogens (tertiary/aromatic N) is 1. The van der Waals surface area contributed by atoms with Gasteiger partial charge >= 0.3 is 5.97 Å². The Bertz CT molecular complexity index is 258. The smallest absolute Gasteiger partial charge is 0.311 e. The van der Waals surface area contributed by atoms with Crippen LogP contribution in [0.1, 0.15) is 24.8 Å². The molecule has 1 aromatic rings. The maximum absolute atomic E-state index is 10.7. The topological polar surface area (TPSA) is 50.2 Å². The number of rotatable bonds is 3. The van der Waals surface area contributed by atoms with Gasteiger partial charge in [0.2, 0.25) is 0 Å². The van der Waals surface area contributed by atoms with E-state index in [1.807, 2.05) is 6.92 Å². The van der Waals surface area contributed by atoms with Crippen molar-refractivity contribution in [3.63, 3.8) is 0 Å². The molecule has 1 N–H and O–H groups in total. The summed E-state index contributed by atoms with van der Waals surface area (Å²) in [6, 6.07) is 3.54. The van der Waals surface area contributed by atoms with E-state index >= 15 is 0 Å². The number of hydrogen-bond acceptors (Lipinski definition) is 2. The van der Waals surface area contributed by atoms with Crippen LogP contribution in [0.25, 0.3) is 0 Å². The summed E-state index contributed by atoms with van der Waals surface area (Å²) >= 11 is 0. The molecule has 3 heteroatoms. The van der Waals surface area contributed by atoms with Gasteiger partial charge in [0.05, 0.1) is 5.92 Å². The predicted octanol–water partition coefficient (Wildman–Crippen LogP) is 1.66. The molecule has 0 aliphatic heterocycles. The maximum Gasteiger partial charge on any atom is 0.311 e. The number of pyridine rings is 1. The zero-order chi connectivity index (χ0) is 8.97. The molecule has 0 saturated heterocycles. The normalized spacial score (nSPS) is 12.4. The summed E-state index contributed by atoms with van der Waals surface area (Å²) in [5.74, 6) is -1.20. The minimum Gasteiger partial charge on any atom is -0.481 e. The molecule has 64 valence electrons. The Morgan fingerprint density at radius 3 is 2.92 bits per heavy atom. The molecule has 0 aliphatic carbocycles. The molecule has 1 aromatic heterocycles. The van der Waals surface area contributed by atoms with E-state index in [0.717, 1.165) is 5.56 Å². The summed E-state index contributed by atoms with van der Waals surface area (Å²) in [6.07, 6.45) is 3.83. The molecular weight excluding hydrogens is 154 g/mol. The van der Waals surface area contributed by atoms with Gasteiger partial charge in [0, 0.05) is 12.4 Å². The lowest BCUT2D eigenvalue weighted by atomic mass is 9.99.